The zero-order chi connectivity index (χ0) is 24.9. The number of ether oxygens (including phenoxy) is 2. The number of aliphatic hydroxyl groups is 1. The van der Waals surface area contributed by atoms with Crippen molar-refractivity contribution in [3.8, 4) is 16.9 Å². The molecule has 0 saturated carbocycles. The van der Waals surface area contributed by atoms with Gasteiger partial charge in [-0.05, 0) is 60.2 Å². The van der Waals surface area contributed by atoms with Gasteiger partial charge < -0.3 is 19.5 Å². The van der Waals surface area contributed by atoms with E-state index < -0.39 is 11.4 Å². The number of fused-ring (bicyclic) bond motifs is 5. The first-order chi connectivity index (χ1) is 17.5. The fraction of sp³-hybridized carbons (Fsp3) is 0.367. The van der Waals surface area contributed by atoms with Crippen molar-refractivity contribution >= 4 is 6.09 Å². The Morgan fingerprint density at radius 1 is 1.00 bits per heavy atom. The van der Waals surface area contributed by atoms with Gasteiger partial charge in [0.05, 0.1) is 12.2 Å². The van der Waals surface area contributed by atoms with Crippen molar-refractivity contribution in [3.05, 3.63) is 89.2 Å². The number of nitrogens with zero attached hydrogens (tertiary/aromatic N) is 1. The molecule has 186 valence electrons. The van der Waals surface area contributed by atoms with Crippen LogP contribution in [-0.2, 0) is 10.3 Å². The fourth-order valence-corrected chi connectivity index (χ4v) is 6.56. The van der Waals surface area contributed by atoms with Crippen molar-refractivity contribution in [2.45, 2.75) is 56.2 Å². The molecule has 2 bridgehead atoms. The van der Waals surface area contributed by atoms with E-state index in [1.807, 2.05) is 31.2 Å². The Bertz CT molecular complexity index is 1250. The fourth-order valence-electron chi connectivity index (χ4n) is 6.56. The van der Waals surface area contributed by atoms with Crippen LogP contribution in [0.4, 0.5) is 9.18 Å². The van der Waals surface area contributed by atoms with E-state index in [9.17, 15) is 14.3 Å². The first-order valence-electron chi connectivity index (χ1n) is 12.8. The smallest absolute Gasteiger partial charge is 0.410 e. The predicted molar refractivity (Wildman–Crippen MR) is 134 cm³/mol. The van der Waals surface area contributed by atoms with Crippen LogP contribution in [-0.4, -0.2) is 41.4 Å². The Kier molecular flexibility index (Phi) is 5.72. The molecule has 2 atom stereocenters. The lowest BCUT2D eigenvalue weighted by Crippen LogP contribution is -2.52. The molecule has 36 heavy (non-hydrogen) atoms. The summed E-state index contributed by atoms with van der Waals surface area (Å²) in [6.45, 7) is 2.56. The van der Waals surface area contributed by atoms with Gasteiger partial charge in [-0.3, -0.25) is 0 Å². The van der Waals surface area contributed by atoms with E-state index in [0.29, 0.717) is 30.8 Å². The molecular weight excluding hydrogens is 457 g/mol. The quantitative estimate of drug-likeness (QED) is 0.480. The van der Waals surface area contributed by atoms with Gasteiger partial charge in [-0.15, -0.1) is 0 Å². The minimum absolute atomic E-state index is 0.00164. The number of hydrogen-bond acceptors (Lipinski definition) is 4. The topological polar surface area (TPSA) is 59.0 Å². The third kappa shape index (κ3) is 3.75. The number of carbonyl (C=O) groups is 1. The maximum atomic E-state index is 14.1. The van der Waals surface area contributed by atoms with E-state index in [0.717, 1.165) is 12.8 Å². The monoisotopic (exact) mass is 487 g/mol. The van der Waals surface area contributed by atoms with E-state index >= 15 is 0 Å². The summed E-state index contributed by atoms with van der Waals surface area (Å²) in [5, 5.41) is 11.7. The molecule has 3 aromatic carbocycles. The van der Waals surface area contributed by atoms with Crippen molar-refractivity contribution in [2.24, 2.45) is 0 Å². The molecule has 3 aliphatic rings. The highest BCUT2D eigenvalue weighted by Crippen LogP contribution is 2.49. The first-order valence-corrected chi connectivity index (χ1v) is 12.8. The molecule has 0 spiro atoms. The van der Waals surface area contributed by atoms with Crippen LogP contribution in [0.3, 0.4) is 0 Å². The molecule has 2 heterocycles. The third-order valence-corrected chi connectivity index (χ3v) is 8.06. The highest BCUT2D eigenvalue weighted by molar-refractivity contribution is 5.79. The van der Waals surface area contributed by atoms with Crippen molar-refractivity contribution in [3.63, 3.8) is 0 Å². The van der Waals surface area contributed by atoms with Crippen LogP contribution in [0, 0.1) is 5.82 Å². The number of rotatable bonds is 5. The Balaban J connectivity index is 1.20. The molecule has 5 nitrogen and oxygen atoms in total. The SMILES string of the molecule is CCOc1ccc(F)cc1C1(O)CC2CCC(C1)N2C(=O)OCC1c2ccccc2-c2ccccc21. The number of carbonyl (C=O) groups excluding carboxylic acids is 1. The number of benzene rings is 3. The lowest BCUT2D eigenvalue weighted by Gasteiger charge is -2.43. The zero-order valence-electron chi connectivity index (χ0n) is 20.3. The van der Waals surface area contributed by atoms with Crippen molar-refractivity contribution in [1.29, 1.82) is 0 Å². The van der Waals surface area contributed by atoms with E-state index in [-0.39, 0.29) is 30.7 Å². The Hall–Kier alpha value is -3.38. The van der Waals surface area contributed by atoms with Gasteiger partial charge >= 0.3 is 6.09 Å². The number of halogens is 1. The third-order valence-electron chi connectivity index (χ3n) is 8.06. The molecule has 6 heteroatoms. The van der Waals surface area contributed by atoms with Gasteiger partial charge in [0.1, 0.15) is 18.2 Å². The second kappa shape index (κ2) is 8.93. The Labute approximate surface area is 210 Å². The summed E-state index contributed by atoms with van der Waals surface area (Å²) in [6.07, 6.45) is 1.90. The number of piperidine rings is 1. The lowest BCUT2D eigenvalue weighted by atomic mass is 9.80. The second-order valence-corrected chi connectivity index (χ2v) is 10.1. The van der Waals surface area contributed by atoms with Crippen LogP contribution in [0.1, 0.15) is 55.2 Å². The van der Waals surface area contributed by atoms with Crippen LogP contribution in [0.25, 0.3) is 11.1 Å². The molecular formula is C30H30FNO4. The summed E-state index contributed by atoms with van der Waals surface area (Å²) in [5.74, 6) is 0.0883. The predicted octanol–water partition coefficient (Wildman–Crippen LogP) is 5.99. The van der Waals surface area contributed by atoms with Gasteiger partial charge in [-0.25, -0.2) is 9.18 Å². The molecule has 0 radical (unpaired) electrons. The minimum Gasteiger partial charge on any atom is -0.493 e. The standard InChI is InChI=1S/C30H30FNO4/c1-2-35-28-14-11-19(31)15-27(28)30(34)16-20-12-13-21(17-30)32(20)29(33)36-18-26-24-9-5-3-7-22(24)23-8-4-6-10-25(23)26/h3-11,14-15,20-21,26,34H,2,12-13,16-18H2,1H3. The summed E-state index contributed by atoms with van der Waals surface area (Å²) >= 11 is 0. The molecule has 1 aliphatic carbocycles. The van der Waals surface area contributed by atoms with Gasteiger partial charge in [0.25, 0.3) is 0 Å². The zero-order valence-corrected chi connectivity index (χ0v) is 20.3. The molecule has 2 aliphatic heterocycles. The van der Waals surface area contributed by atoms with Crippen LogP contribution >= 0.6 is 0 Å². The van der Waals surface area contributed by atoms with Crippen LogP contribution in [0.5, 0.6) is 5.75 Å². The molecule has 2 saturated heterocycles. The van der Waals surface area contributed by atoms with E-state index in [4.69, 9.17) is 9.47 Å². The van der Waals surface area contributed by atoms with Crippen molar-refractivity contribution < 1.29 is 23.8 Å². The lowest BCUT2D eigenvalue weighted by molar-refractivity contribution is -0.0546. The van der Waals surface area contributed by atoms with Gasteiger partial charge in [0.2, 0.25) is 0 Å². The first kappa shape index (κ1) is 23.0. The number of hydrogen-bond donors (Lipinski definition) is 1. The van der Waals surface area contributed by atoms with Crippen molar-refractivity contribution in [2.75, 3.05) is 13.2 Å². The molecule has 2 unspecified atom stereocenters. The normalized spacial score (nSPS) is 24.4. The summed E-state index contributed by atoms with van der Waals surface area (Å²) < 4.78 is 25.8. The molecule has 3 aromatic rings. The number of amides is 1. The Morgan fingerprint density at radius 3 is 2.22 bits per heavy atom. The maximum absolute atomic E-state index is 14.1. The molecule has 1 amide bonds. The van der Waals surface area contributed by atoms with Crippen molar-refractivity contribution in [1.82, 2.24) is 4.90 Å². The van der Waals surface area contributed by atoms with Gasteiger partial charge in [-0.2, -0.15) is 0 Å². The highest BCUT2D eigenvalue weighted by Gasteiger charge is 2.51. The van der Waals surface area contributed by atoms with E-state index in [1.54, 1.807) is 11.0 Å². The molecule has 6 rings (SSSR count). The van der Waals surface area contributed by atoms with Gasteiger partial charge in [-0.1, -0.05) is 48.5 Å². The maximum Gasteiger partial charge on any atom is 0.410 e. The minimum atomic E-state index is -1.25. The Morgan fingerprint density at radius 2 is 1.61 bits per heavy atom. The summed E-state index contributed by atoms with van der Waals surface area (Å²) in [7, 11) is 0. The van der Waals surface area contributed by atoms with E-state index in [2.05, 4.69) is 24.3 Å². The van der Waals surface area contributed by atoms with Gasteiger partial charge in [0, 0.05) is 36.4 Å². The van der Waals surface area contributed by atoms with E-state index in [1.165, 1.54) is 34.4 Å². The van der Waals surface area contributed by atoms with Crippen LogP contribution < -0.4 is 4.74 Å². The highest BCUT2D eigenvalue weighted by atomic mass is 19.1. The van der Waals surface area contributed by atoms with Gasteiger partial charge in [0.15, 0.2) is 0 Å². The van der Waals surface area contributed by atoms with Crippen LogP contribution in [0.15, 0.2) is 66.7 Å². The molecule has 2 fully saturated rings. The molecule has 0 aromatic heterocycles. The van der Waals surface area contributed by atoms with Crippen LogP contribution in [0.2, 0.25) is 0 Å². The second-order valence-electron chi connectivity index (χ2n) is 10.1. The summed E-state index contributed by atoms with van der Waals surface area (Å²) in [4.78, 5) is 15.2. The average Bonchev–Trinajstić information content (AvgIpc) is 3.36. The largest absolute Gasteiger partial charge is 0.493 e. The summed E-state index contributed by atoms with van der Waals surface area (Å²) in [5.41, 5.74) is 3.95. The molecule has 1 N–H and O–H groups in total. The summed E-state index contributed by atoms with van der Waals surface area (Å²) in [6, 6.07) is 20.5. The average molecular weight is 488 g/mol.